The number of urea groups is 1. The summed E-state index contributed by atoms with van der Waals surface area (Å²) in [5, 5.41) is 2.79. The first kappa shape index (κ1) is 20.5. The number of ether oxygens (including phenoxy) is 2. The van der Waals surface area contributed by atoms with Crippen LogP contribution < -0.4 is 10.1 Å². The molecule has 2 aliphatic rings. The molecule has 7 heteroatoms. The van der Waals surface area contributed by atoms with E-state index >= 15 is 0 Å². The third-order valence-electron chi connectivity index (χ3n) is 4.86. The van der Waals surface area contributed by atoms with Crippen molar-refractivity contribution in [1.29, 1.82) is 0 Å². The van der Waals surface area contributed by atoms with Crippen LogP contribution in [0.4, 0.5) is 4.79 Å². The molecule has 3 rings (SSSR count). The fraction of sp³-hybridized carbons (Fsp3) is 0.619. The smallest absolute Gasteiger partial charge is 0.321 e. The molecule has 2 fully saturated rings. The standard InChI is InChI=1S/C21H31N3O4/c1-21(2,3)28-18-8-6-16(7-9-18)17-12-24(13-17)20(26)23-11-5-4-10-22-19(25)14-27-15-23/h6-9,17H,4-5,10-15H2,1-3H3,(H,22,25). The molecule has 1 aromatic rings. The van der Waals surface area contributed by atoms with Crippen molar-refractivity contribution in [3.8, 4) is 5.75 Å². The first-order chi connectivity index (χ1) is 13.3. The van der Waals surface area contributed by atoms with Gasteiger partial charge in [0.15, 0.2) is 0 Å². The molecule has 1 aromatic carbocycles. The summed E-state index contributed by atoms with van der Waals surface area (Å²) in [7, 11) is 0. The van der Waals surface area contributed by atoms with Gasteiger partial charge in [0, 0.05) is 32.1 Å². The van der Waals surface area contributed by atoms with Gasteiger partial charge >= 0.3 is 6.03 Å². The molecule has 2 saturated heterocycles. The molecular weight excluding hydrogens is 358 g/mol. The second-order valence-corrected chi connectivity index (χ2v) is 8.47. The molecule has 2 aliphatic heterocycles. The number of likely N-dealkylation sites (tertiary alicyclic amines) is 1. The first-order valence-electron chi connectivity index (χ1n) is 9.99. The van der Waals surface area contributed by atoms with Gasteiger partial charge in [0.2, 0.25) is 5.91 Å². The Bertz CT molecular complexity index is 678. The van der Waals surface area contributed by atoms with Gasteiger partial charge in [-0.15, -0.1) is 0 Å². The third kappa shape index (κ3) is 5.61. The lowest BCUT2D eigenvalue weighted by molar-refractivity contribution is -0.127. The van der Waals surface area contributed by atoms with Crippen molar-refractivity contribution in [2.75, 3.05) is 39.5 Å². The Morgan fingerprint density at radius 1 is 1.14 bits per heavy atom. The van der Waals surface area contributed by atoms with Crippen molar-refractivity contribution in [3.05, 3.63) is 29.8 Å². The second-order valence-electron chi connectivity index (χ2n) is 8.47. The van der Waals surface area contributed by atoms with Crippen LogP contribution in [0.2, 0.25) is 0 Å². The van der Waals surface area contributed by atoms with Crippen molar-refractivity contribution >= 4 is 11.9 Å². The minimum absolute atomic E-state index is 0.00457. The molecule has 3 amide bonds. The van der Waals surface area contributed by atoms with Crippen LogP contribution in [0.5, 0.6) is 5.75 Å². The molecule has 0 spiro atoms. The van der Waals surface area contributed by atoms with Crippen LogP contribution in [0.1, 0.15) is 45.1 Å². The fourth-order valence-corrected chi connectivity index (χ4v) is 3.38. The van der Waals surface area contributed by atoms with Gasteiger partial charge in [-0.25, -0.2) is 4.79 Å². The Morgan fingerprint density at radius 2 is 1.86 bits per heavy atom. The van der Waals surface area contributed by atoms with Crippen LogP contribution in [-0.2, 0) is 9.53 Å². The van der Waals surface area contributed by atoms with E-state index in [0.717, 1.165) is 18.6 Å². The van der Waals surface area contributed by atoms with Crippen LogP contribution in [0, 0.1) is 0 Å². The molecule has 0 unspecified atom stereocenters. The zero-order valence-corrected chi connectivity index (χ0v) is 17.1. The SMILES string of the molecule is CC(C)(C)Oc1ccc(C2CN(C(=O)N3CCCCNC(=O)COC3)C2)cc1. The number of rotatable bonds is 2. The van der Waals surface area contributed by atoms with Gasteiger partial charge < -0.3 is 24.6 Å². The highest BCUT2D eigenvalue weighted by Gasteiger charge is 2.34. The first-order valence-corrected chi connectivity index (χ1v) is 9.99. The van der Waals surface area contributed by atoms with Gasteiger partial charge in [0.25, 0.3) is 0 Å². The predicted molar refractivity (Wildman–Crippen MR) is 106 cm³/mol. The average Bonchev–Trinajstić information content (AvgIpc) is 2.59. The molecule has 0 saturated carbocycles. The summed E-state index contributed by atoms with van der Waals surface area (Å²) in [5.41, 5.74) is 1.01. The van der Waals surface area contributed by atoms with Crippen LogP contribution in [-0.4, -0.2) is 66.9 Å². The number of carbonyl (C=O) groups is 2. The van der Waals surface area contributed by atoms with E-state index < -0.39 is 0 Å². The number of amides is 3. The molecule has 154 valence electrons. The van der Waals surface area contributed by atoms with Crippen LogP contribution in [0.3, 0.4) is 0 Å². The Hall–Kier alpha value is -2.28. The Balaban J connectivity index is 1.50. The van der Waals surface area contributed by atoms with Crippen LogP contribution in [0.25, 0.3) is 0 Å². The molecule has 2 heterocycles. The van der Waals surface area contributed by atoms with Gasteiger partial charge in [-0.1, -0.05) is 12.1 Å². The summed E-state index contributed by atoms with van der Waals surface area (Å²) >= 11 is 0. The van der Waals surface area contributed by atoms with Crippen molar-refractivity contribution in [3.63, 3.8) is 0 Å². The lowest BCUT2D eigenvalue weighted by Crippen LogP contribution is -2.54. The normalized spacial score (nSPS) is 19.6. The monoisotopic (exact) mass is 389 g/mol. The quantitative estimate of drug-likeness (QED) is 0.844. The molecule has 0 atom stereocenters. The lowest BCUT2D eigenvalue weighted by atomic mass is 9.92. The number of nitrogens with zero attached hydrogens (tertiary/aromatic N) is 2. The van der Waals surface area contributed by atoms with Crippen LogP contribution in [0.15, 0.2) is 24.3 Å². The van der Waals surface area contributed by atoms with Crippen molar-refractivity contribution in [2.45, 2.75) is 45.1 Å². The van der Waals surface area contributed by atoms with E-state index in [4.69, 9.17) is 9.47 Å². The summed E-state index contributed by atoms with van der Waals surface area (Å²) in [6.07, 6.45) is 1.71. The Morgan fingerprint density at radius 3 is 2.54 bits per heavy atom. The molecule has 1 N–H and O–H groups in total. The highest BCUT2D eigenvalue weighted by molar-refractivity contribution is 5.77. The van der Waals surface area contributed by atoms with E-state index in [9.17, 15) is 9.59 Å². The van der Waals surface area contributed by atoms with E-state index in [2.05, 4.69) is 17.4 Å². The largest absolute Gasteiger partial charge is 0.488 e. The second kappa shape index (κ2) is 8.82. The zero-order chi connectivity index (χ0) is 20.1. The topological polar surface area (TPSA) is 71.1 Å². The molecule has 0 radical (unpaired) electrons. The van der Waals surface area contributed by atoms with E-state index in [-0.39, 0.29) is 30.9 Å². The molecular formula is C21H31N3O4. The summed E-state index contributed by atoms with van der Waals surface area (Å²) in [5.74, 6) is 1.08. The third-order valence-corrected chi connectivity index (χ3v) is 4.86. The summed E-state index contributed by atoms with van der Waals surface area (Å²) < 4.78 is 11.3. The summed E-state index contributed by atoms with van der Waals surface area (Å²) in [6, 6.07) is 8.14. The Labute approximate surface area is 167 Å². The summed E-state index contributed by atoms with van der Waals surface area (Å²) in [6.45, 7) is 8.93. The number of nitrogens with one attached hydrogen (secondary N) is 1. The van der Waals surface area contributed by atoms with E-state index in [1.165, 1.54) is 5.56 Å². The van der Waals surface area contributed by atoms with Gasteiger partial charge in [-0.05, 0) is 51.3 Å². The molecule has 0 bridgehead atoms. The summed E-state index contributed by atoms with van der Waals surface area (Å²) in [4.78, 5) is 27.8. The zero-order valence-electron chi connectivity index (χ0n) is 17.1. The van der Waals surface area contributed by atoms with E-state index in [1.807, 2.05) is 37.8 Å². The fourth-order valence-electron chi connectivity index (χ4n) is 3.38. The number of hydrogen-bond donors (Lipinski definition) is 1. The maximum atomic E-state index is 12.8. The minimum atomic E-state index is -0.214. The van der Waals surface area contributed by atoms with Gasteiger partial charge in [-0.2, -0.15) is 0 Å². The molecule has 28 heavy (non-hydrogen) atoms. The molecule has 7 nitrogen and oxygen atoms in total. The predicted octanol–water partition coefficient (Wildman–Crippen LogP) is 2.57. The Kier molecular flexibility index (Phi) is 6.44. The highest BCUT2D eigenvalue weighted by Crippen LogP contribution is 2.30. The molecule has 0 aromatic heterocycles. The minimum Gasteiger partial charge on any atom is -0.488 e. The van der Waals surface area contributed by atoms with Gasteiger partial charge in [-0.3, -0.25) is 4.79 Å². The van der Waals surface area contributed by atoms with Crippen molar-refractivity contribution in [1.82, 2.24) is 15.1 Å². The van der Waals surface area contributed by atoms with E-state index in [0.29, 0.717) is 32.1 Å². The maximum Gasteiger partial charge on any atom is 0.321 e. The van der Waals surface area contributed by atoms with E-state index in [1.54, 1.807) is 4.90 Å². The van der Waals surface area contributed by atoms with Crippen molar-refractivity contribution in [2.24, 2.45) is 0 Å². The highest BCUT2D eigenvalue weighted by atomic mass is 16.5. The number of benzene rings is 1. The number of hydrogen-bond acceptors (Lipinski definition) is 4. The maximum absolute atomic E-state index is 12.8. The lowest BCUT2D eigenvalue weighted by Gasteiger charge is -2.42. The van der Waals surface area contributed by atoms with Crippen molar-refractivity contribution < 1.29 is 19.1 Å². The van der Waals surface area contributed by atoms with Crippen LogP contribution >= 0.6 is 0 Å². The van der Waals surface area contributed by atoms with Gasteiger partial charge in [0.1, 0.15) is 24.7 Å². The molecule has 0 aliphatic carbocycles. The number of carbonyl (C=O) groups excluding carboxylic acids is 2. The average molecular weight is 389 g/mol. The van der Waals surface area contributed by atoms with Gasteiger partial charge in [0.05, 0.1) is 0 Å².